The molecule has 1 aromatic carbocycles. The SMILES string of the molecule is Cl.Cl.O=C(Nc1ccc(CN2CCCCCC2)cc1)C1CCCNC1. The number of piperidine rings is 1. The van der Waals surface area contributed by atoms with Gasteiger partial charge < -0.3 is 10.6 Å². The molecule has 142 valence electrons. The highest BCUT2D eigenvalue weighted by molar-refractivity contribution is 5.92. The van der Waals surface area contributed by atoms with Gasteiger partial charge in [-0.15, -0.1) is 24.8 Å². The minimum atomic E-state index is 0. The summed E-state index contributed by atoms with van der Waals surface area (Å²) >= 11 is 0. The van der Waals surface area contributed by atoms with Gasteiger partial charge in [-0.25, -0.2) is 0 Å². The second-order valence-corrected chi connectivity index (χ2v) is 6.92. The maximum Gasteiger partial charge on any atom is 0.228 e. The molecule has 0 spiro atoms. The Hall–Kier alpha value is -0.810. The van der Waals surface area contributed by atoms with Crippen LogP contribution in [0.25, 0.3) is 0 Å². The first-order chi connectivity index (χ1) is 11.3. The van der Waals surface area contributed by atoms with E-state index in [2.05, 4.69) is 27.7 Å². The molecule has 1 unspecified atom stereocenters. The third-order valence-corrected chi connectivity index (χ3v) is 4.99. The van der Waals surface area contributed by atoms with Crippen LogP contribution in [0.5, 0.6) is 0 Å². The van der Waals surface area contributed by atoms with Crippen molar-refractivity contribution in [2.45, 2.75) is 45.1 Å². The summed E-state index contributed by atoms with van der Waals surface area (Å²) in [7, 11) is 0. The van der Waals surface area contributed by atoms with E-state index >= 15 is 0 Å². The number of benzene rings is 1. The number of halogens is 2. The molecule has 0 saturated carbocycles. The van der Waals surface area contributed by atoms with Gasteiger partial charge in [0.15, 0.2) is 0 Å². The van der Waals surface area contributed by atoms with Crippen molar-refractivity contribution in [3.05, 3.63) is 29.8 Å². The van der Waals surface area contributed by atoms with Gasteiger partial charge in [0.2, 0.25) is 5.91 Å². The molecular formula is C19H31Cl2N3O. The van der Waals surface area contributed by atoms with Gasteiger partial charge in [-0.3, -0.25) is 9.69 Å². The van der Waals surface area contributed by atoms with Crippen LogP contribution in [0.15, 0.2) is 24.3 Å². The average molecular weight is 388 g/mol. The molecule has 0 aromatic heterocycles. The minimum Gasteiger partial charge on any atom is -0.326 e. The topological polar surface area (TPSA) is 44.4 Å². The van der Waals surface area contributed by atoms with Gasteiger partial charge in [0.25, 0.3) is 0 Å². The van der Waals surface area contributed by atoms with Crippen molar-refractivity contribution >= 4 is 36.4 Å². The summed E-state index contributed by atoms with van der Waals surface area (Å²) in [6, 6.07) is 8.39. The van der Waals surface area contributed by atoms with Crippen molar-refractivity contribution in [2.24, 2.45) is 5.92 Å². The van der Waals surface area contributed by atoms with E-state index in [9.17, 15) is 4.79 Å². The van der Waals surface area contributed by atoms with Crippen molar-refractivity contribution in [3.63, 3.8) is 0 Å². The molecule has 1 atom stereocenters. The van der Waals surface area contributed by atoms with E-state index in [-0.39, 0.29) is 36.6 Å². The Morgan fingerprint density at radius 3 is 2.32 bits per heavy atom. The molecule has 1 amide bonds. The number of carbonyl (C=O) groups is 1. The second-order valence-electron chi connectivity index (χ2n) is 6.92. The summed E-state index contributed by atoms with van der Waals surface area (Å²) in [4.78, 5) is 14.8. The zero-order valence-corrected chi connectivity index (χ0v) is 16.5. The van der Waals surface area contributed by atoms with Crippen LogP contribution in [0.4, 0.5) is 5.69 Å². The third-order valence-electron chi connectivity index (χ3n) is 4.99. The molecule has 4 nitrogen and oxygen atoms in total. The van der Waals surface area contributed by atoms with Crippen LogP contribution in [-0.4, -0.2) is 37.0 Å². The van der Waals surface area contributed by atoms with Gasteiger partial charge in [0.1, 0.15) is 0 Å². The summed E-state index contributed by atoms with van der Waals surface area (Å²) < 4.78 is 0. The molecule has 2 heterocycles. The highest BCUT2D eigenvalue weighted by Gasteiger charge is 2.20. The fourth-order valence-corrected chi connectivity index (χ4v) is 3.57. The Bertz CT molecular complexity index is 496. The second kappa shape index (κ2) is 11.7. The van der Waals surface area contributed by atoms with Gasteiger partial charge in [0, 0.05) is 18.8 Å². The number of likely N-dealkylation sites (tertiary alicyclic amines) is 1. The normalized spacial score (nSPS) is 21.4. The number of hydrogen-bond acceptors (Lipinski definition) is 3. The number of carbonyl (C=O) groups excluding carboxylic acids is 1. The quantitative estimate of drug-likeness (QED) is 0.824. The molecule has 25 heavy (non-hydrogen) atoms. The fourth-order valence-electron chi connectivity index (χ4n) is 3.57. The van der Waals surface area contributed by atoms with E-state index in [4.69, 9.17) is 0 Å². The summed E-state index contributed by atoms with van der Waals surface area (Å²) in [5.41, 5.74) is 2.25. The van der Waals surface area contributed by atoms with Crippen LogP contribution in [0, 0.1) is 5.92 Å². The Kier molecular flexibility index (Phi) is 10.4. The third kappa shape index (κ3) is 7.14. The standard InChI is InChI=1S/C19H29N3O.2ClH/c23-19(17-6-5-11-20-14-17)21-18-9-7-16(8-10-18)15-22-12-3-1-2-4-13-22;;/h7-10,17,20H,1-6,11-15H2,(H,21,23);2*1H. The molecule has 0 bridgehead atoms. The van der Waals surface area contributed by atoms with Crippen molar-refractivity contribution < 1.29 is 4.79 Å². The van der Waals surface area contributed by atoms with Gasteiger partial charge in [-0.1, -0.05) is 25.0 Å². The zero-order valence-electron chi connectivity index (χ0n) is 14.8. The minimum absolute atomic E-state index is 0. The van der Waals surface area contributed by atoms with Crippen molar-refractivity contribution in [1.29, 1.82) is 0 Å². The predicted octanol–water partition coefficient (Wildman–Crippen LogP) is 3.84. The first-order valence-electron chi connectivity index (χ1n) is 9.14. The molecule has 1 aromatic rings. The number of amides is 1. The summed E-state index contributed by atoms with van der Waals surface area (Å²) in [5.74, 6) is 0.262. The predicted molar refractivity (Wildman–Crippen MR) is 109 cm³/mol. The molecule has 2 N–H and O–H groups in total. The Morgan fingerprint density at radius 1 is 1.04 bits per heavy atom. The number of hydrogen-bond donors (Lipinski definition) is 2. The van der Waals surface area contributed by atoms with Crippen molar-refractivity contribution in [2.75, 3.05) is 31.5 Å². The lowest BCUT2D eigenvalue weighted by Crippen LogP contribution is -2.37. The van der Waals surface area contributed by atoms with Crippen LogP contribution in [0.1, 0.15) is 44.1 Å². The maximum atomic E-state index is 12.2. The molecule has 6 heteroatoms. The number of anilines is 1. The van der Waals surface area contributed by atoms with E-state index < -0.39 is 0 Å². The van der Waals surface area contributed by atoms with Crippen LogP contribution in [0.2, 0.25) is 0 Å². The molecule has 0 radical (unpaired) electrons. The van der Waals surface area contributed by atoms with E-state index in [1.807, 2.05) is 12.1 Å². The highest BCUT2D eigenvalue weighted by Crippen LogP contribution is 2.17. The Morgan fingerprint density at radius 2 is 1.72 bits per heavy atom. The average Bonchev–Trinajstić information content (AvgIpc) is 2.86. The maximum absolute atomic E-state index is 12.2. The van der Waals surface area contributed by atoms with E-state index in [0.717, 1.165) is 38.2 Å². The van der Waals surface area contributed by atoms with E-state index in [1.54, 1.807) is 0 Å². The molecule has 2 aliphatic heterocycles. The van der Waals surface area contributed by atoms with Crippen molar-refractivity contribution in [3.8, 4) is 0 Å². The highest BCUT2D eigenvalue weighted by atomic mass is 35.5. The van der Waals surface area contributed by atoms with Crippen LogP contribution >= 0.6 is 24.8 Å². The molecule has 2 fully saturated rings. The molecule has 0 aliphatic carbocycles. The van der Waals surface area contributed by atoms with Crippen molar-refractivity contribution in [1.82, 2.24) is 10.2 Å². The van der Waals surface area contributed by atoms with E-state index in [0.29, 0.717) is 0 Å². The number of nitrogens with zero attached hydrogens (tertiary/aromatic N) is 1. The van der Waals surface area contributed by atoms with Gasteiger partial charge in [-0.2, -0.15) is 0 Å². The first kappa shape index (κ1) is 22.2. The van der Waals surface area contributed by atoms with Crippen LogP contribution in [0.3, 0.4) is 0 Å². The monoisotopic (exact) mass is 387 g/mol. The smallest absolute Gasteiger partial charge is 0.228 e. The molecule has 2 saturated heterocycles. The van der Waals surface area contributed by atoms with E-state index in [1.165, 1.54) is 44.3 Å². The molecular weight excluding hydrogens is 357 g/mol. The van der Waals surface area contributed by atoms with Gasteiger partial charge >= 0.3 is 0 Å². The number of nitrogens with one attached hydrogen (secondary N) is 2. The Labute approximate surface area is 163 Å². The number of rotatable bonds is 4. The first-order valence-corrected chi connectivity index (χ1v) is 9.14. The lowest BCUT2D eigenvalue weighted by molar-refractivity contribution is -0.120. The van der Waals surface area contributed by atoms with Gasteiger partial charge in [-0.05, 0) is 63.0 Å². The van der Waals surface area contributed by atoms with Crippen LogP contribution < -0.4 is 10.6 Å². The molecule has 2 aliphatic rings. The fraction of sp³-hybridized carbons (Fsp3) is 0.632. The summed E-state index contributed by atoms with van der Waals surface area (Å²) in [5, 5.41) is 6.35. The zero-order chi connectivity index (χ0) is 15.9. The largest absolute Gasteiger partial charge is 0.326 e. The lowest BCUT2D eigenvalue weighted by Gasteiger charge is -2.22. The Balaban J connectivity index is 0.00000156. The van der Waals surface area contributed by atoms with Crippen LogP contribution in [-0.2, 0) is 11.3 Å². The van der Waals surface area contributed by atoms with Gasteiger partial charge in [0.05, 0.1) is 5.92 Å². The summed E-state index contributed by atoms with van der Waals surface area (Å²) in [6.45, 7) is 5.30. The molecule has 3 rings (SSSR count). The lowest BCUT2D eigenvalue weighted by atomic mass is 9.99. The summed E-state index contributed by atoms with van der Waals surface area (Å²) in [6.07, 6.45) is 7.47.